The summed E-state index contributed by atoms with van der Waals surface area (Å²) in [5, 5.41) is 13.9. The maximum absolute atomic E-state index is 13.9. The predicted molar refractivity (Wildman–Crippen MR) is 185 cm³/mol. The molecule has 246 valence electrons. The Morgan fingerprint density at radius 3 is 2.44 bits per heavy atom. The first-order chi connectivity index (χ1) is 23.0. The molecule has 6 aromatic rings. The Labute approximate surface area is 277 Å². The normalized spacial score (nSPS) is 12.3. The van der Waals surface area contributed by atoms with Gasteiger partial charge in [-0.3, -0.25) is 4.79 Å². The van der Waals surface area contributed by atoms with E-state index in [-0.39, 0.29) is 17.2 Å². The van der Waals surface area contributed by atoms with E-state index in [1.54, 1.807) is 57.0 Å². The van der Waals surface area contributed by atoms with Gasteiger partial charge in [0.2, 0.25) is 5.89 Å². The Balaban J connectivity index is 1.62. The Morgan fingerprint density at radius 1 is 1.00 bits per heavy atom. The Kier molecular flexibility index (Phi) is 9.01. The maximum Gasteiger partial charge on any atom is 0.346 e. The highest BCUT2D eigenvalue weighted by Gasteiger charge is 2.30. The van der Waals surface area contributed by atoms with E-state index in [0.717, 1.165) is 5.56 Å². The lowest BCUT2D eigenvalue weighted by Crippen LogP contribution is -2.29. The average Bonchev–Trinajstić information content (AvgIpc) is 3.69. The number of pyridine rings is 1. The van der Waals surface area contributed by atoms with Crippen LogP contribution in [0.1, 0.15) is 30.6 Å². The van der Waals surface area contributed by atoms with Crippen molar-refractivity contribution >= 4 is 47.6 Å². The molecule has 10 nitrogen and oxygen atoms in total. The van der Waals surface area contributed by atoms with Crippen LogP contribution in [-0.4, -0.2) is 59.7 Å². The van der Waals surface area contributed by atoms with E-state index in [1.165, 1.54) is 26.3 Å². The Bertz CT molecular complexity index is 2100. The van der Waals surface area contributed by atoms with E-state index < -0.39 is 25.2 Å². The number of oxazole rings is 1. The first kappa shape index (κ1) is 32.8. The lowest BCUT2D eigenvalue weighted by molar-refractivity contribution is 0.0740. The highest BCUT2D eigenvalue weighted by molar-refractivity contribution is 7.75. The molecule has 2 N–H and O–H groups in total. The molecule has 0 aliphatic heterocycles. The third-order valence-electron chi connectivity index (χ3n) is 7.97. The molecular weight excluding hydrogens is 634 g/mol. The average molecular weight is 669 g/mol. The number of furan rings is 1. The largest absolute Gasteiger partial charge is 0.465 e. The molecule has 3 aromatic heterocycles. The van der Waals surface area contributed by atoms with Crippen molar-refractivity contribution in [1.82, 2.24) is 15.3 Å². The minimum absolute atomic E-state index is 0.273. The number of nitrogens with zero attached hydrogens (tertiary/aromatic N) is 3. The van der Waals surface area contributed by atoms with Crippen LogP contribution in [0.2, 0.25) is 0 Å². The smallest absolute Gasteiger partial charge is 0.346 e. The van der Waals surface area contributed by atoms with Crippen molar-refractivity contribution in [3.05, 3.63) is 90.4 Å². The van der Waals surface area contributed by atoms with Crippen LogP contribution in [0.15, 0.2) is 87.8 Å². The number of aliphatic hydroxyl groups is 1. The molecule has 0 aliphatic carbocycles. The van der Waals surface area contributed by atoms with Crippen molar-refractivity contribution in [2.45, 2.75) is 25.9 Å². The lowest BCUT2D eigenvalue weighted by atomic mass is 9.97. The van der Waals surface area contributed by atoms with E-state index in [9.17, 15) is 19.1 Å². The zero-order valence-corrected chi connectivity index (χ0v) is 28.0. The third-order valence-corrected chi connectivity index (χ3v) is 9.82. The van der Waals surface area contributed by atoms with Gasteiger partial charge in [-0.25, -0.2) is 14.2 Å². The minimum atomic E-state index is -1.57. The second-order valence-corrected chi connectivity index (χ2v) is 13.8. The van der Waals surface area contributed by atoms with Crippen LogP contribution in [0, 0.1) is 5.82 Å². The molecule has 1 amide bonds. The van der Waals surface area contributed by atoms with E-state index >= 15 is 0 Å². The number of nitrogens with one attached hydrogen (secondary N) is 1. The van der Waals surface area contributed by atoms with Crippen LogP contribution in [0.5, 0.6) is 0 Å². The van der Waals surface area contributed by atoms with Crippen LogP contribution < -0.4 is 9.99 Å². The number of halogens is 1. The maximum atomic E-state index is 13.9. The van der Waals surface area contributed by atoms with E-state index in [4.69, 9.17) is 13.6 Å². The number of benzene rings is 3. The van der Waals surface area contributed by atoms with Gasteiger partial charge in [-0.15, -0.1) is 0 Å². The molecule has 0 aliphatic rings. The molecule has 1 atom stereocenters. The number of carbonyl (C=O) groups is 2. The van der Waals surface area contributed by atoms with Crippen molar-refractivity contribution in [1.29, 1.82) is 0 Å². The van der Waals surface area contributed by atoms with Crippen molar-refractivity contribution in [3.8, 4) is 33.9 Å². The number of methoxy groups -OCH3 is 1. The summed E-state index contributed by atoms with van der Waals surface area (Å²) < 4.78 is 33.4. The summed E-state index contributed by atoms with van der Waals surface area (Å²) in [6.07, 6.45) is 1.99. The van der Waals surface area contributed by atoms with Gasteiger partial charge < -0.3 is 28.7 Å². The summed E-state index contributed by atoms with van der Waals surface area (Å²) in [6, 6.07) is 20.5. The van der Waals surface area contributed by atoms with Crippen molar-refractivity contribution in [2.75, 3.05) is 32.0 Å². The number of aromatic nitrogens is 2. The van der Waals surface area contributed by atoms with E-state index in [2.05, 4.69) is 15.3 Å². The van der Waals surface area contributed by atoms with Gasteiger partial charge in [0.15, 0.2) is 11.2 Å². The lowest BCUT2D eigenvalue weighted by Gasteiger charge is -2.33. The molecule has 0 fully saturated rings. The van der Waals surface area contributed by atoms with E-state index in [1.807, 2.05) is 35.0 Å². The van der Waals surface area contributed by atoms with Crippen LogP contribution >= 0.6 is 8.07 Å². The number of fused-ring (bicyclic) bond motifs is 2. The molecule has 48 heavy (non-hydrogen) atoms. The fraction of sp³-hybridized carbons (Fsp3) is 0.222. The van der Waals surface area contributed by atoms with Gasteiger partial charge in [-0.2, -0.15) is 4.98 Å². The van der Waals surface area contributed by atoms with Crippen molar-refractivity contribution < 1.29 is 32.7 Å². The summed E-state index contributed by atoms with van der Waals surface area (Å²) >= 11 is 0. The quantitative estimate of drug-likeness (QED) is 0.139. The van der Waals surface area contributed by atoms with E-state index in [0.29, 0.717) is 63.4 Å². The minimum Gasteiger partial charge on any atom is -0.465 e. The van der Waals surface area contributed by atoms with Gasteiger partial charge in [0.25, 0.3) is 5.91 Å². The molecule has 0 saturated carbocycles. The highest BCUT2D eigenvalue weighted by atomic mass is 31.1. The Morgan fingerprint density at radius 2 is 1.75 bits per heavy atom. The molecule has 0 spiro atoms. The number of amides is 1. The summed E-state index contributed by atoms with van der Waals surface area (Å²) in [5.74, 6) is -0.148. The van der Waals surface area contributed by atoms with Crippen molar-refractivity contribution in [3.63, 3.8) is 0 Å². The Hall–Kier alpha value is -5.12. The fourth-order valence-electron chi connectivity index (χ4n) is 5.49. The number of carbonyl (C=O) groups excluding carboxylic acids is 2. The molecule has 6 rings (SSSR count). The number of ether oxygens (including phenoxy) is 1. The topological polar surface area (TPSA) is 131 Å². The summed E-state index contributed by atoms with van der Waals surface area (Å²) in [4.78, 5) is 35.3. The molecule has 0 radical (unpaired) electrons. The van der Waals surface area contributed by atoms with Gasteiger partial charge in [0, 0.05) is 47.9 Å². The number of anilines is 1. The number of rotatable bonds is 10. The monoisotopic (exact) mass is 668 g/mol. The predicted octanol–water partition coefficient (Wildman–Crippen LogP) is 8.23. The SMILES string of the molecule is CNC(=O)c1c(-c2ccc(F)cc2)oc2cc(N(CCC(C)(C)O)P(C)C(=O)OC)c(-c3cccc(-c4nc5ncccc5o4)c3)cc12. The highest BCUT2D eigenvalue weighted by Crippen LogP contribution is 2.49. The molecule has 0 bridgehead atoms. The second kappa shape index (κ2) is 13.2. The molecule has 12 heteroatoms. The summed E-state index contributed by atoms with van der Waals surface area (Å²) in [5.41, 5.74) is 3.53. The zero-order chi connectivity index (χ0) is 34.2. The standard InChI is InChI=1S/C36H34FN4O6P/c1-36(2,44)15-17-41(48(5)35(43)45-4)27-20-29-26(30(33(42)38-3)31(46-29)21-11-13-24(37)14-12-21)19-25(27)22-8-6-9-23(18-22)34-40-32-28(47-34)10-7-16-39-32/h6-14,16,18-20,44H,15,17H2,1-5H3,(H,38,42). The summed E-state index contributed by atoms with van der Waals surface area (Å²) in [7, 11) is 1.31. The van der Waals surface area contributed by atoms with Gasteiger partial charge in [-0.05, 0) is 87.1 Å². The third kappa shape index (κ3) is 6.52. The molecule has 3 heterocycles. The van der Waals surface area contributed by atoms with Crippen LogP contribution in [0.25, 0.3) is 56.1 Å². The summed E-state index contributed by atoms with van der Waals surface area (Å²) in [6.45, 7) is 5.52. The molecule has 0 saturated heterocycles. The number of hydrogen-bond acceptors (Lipinski definition) is 9. The van der Waals surface area contributed by atoms with Crippen LogP contribution in [0.4, 0.5) is 14.9 Å². The first-order valence-corrected chi connectivity index (χ1v) is 16.9. The van der Waals surface area contributed by atoms with Gasteiger partial charge in [0.05, 0.1) is 24.0 Å². The van der Waals surface area contributed by atoms with Gasteiger partial charge in [0.1, 0.15) is 25.2 Å². The molecule has 1 unspecified atom stereocenters. The van der Waals surface area contributed by atoms with Crippen LogP contribution in [0.3, 0.4) is 0 Å². The van der Waals surface area contributed by atoms with Gasteiger partial charge in [-0.1, -0.05) is 12.1 Å². The first-order valence-electron chi connectivity index (χ1n) is 15.2. The second-order valence-electron chi connectivity index (χ2n) is 11.9. The number of hydrogen-bond donors (Lipinski definition) is 2. The molecule has 3 aromatic carbocycles. The fourth-order valence-corrected chi connectivity index (χ4v) is 6.84. The molecular formula is C36H34FN4O6P. The van der Waals surface area contributed by atoms with Gasteiger partial charge >= 0.3 is 5.71 Å². The zero-order valence-electron chi connectivity index (χ0n) is 27.1. The van der Waals surface area contributed by atoms with Crippen LogP contribution in [-0.2, 0) is 4.74 Å². The van der Waals surface area contributed by atoms with Crippen molar-refractivity contribution in [2.24, 2.45) is 0 Å².